The molecule has 2 atom stereocenters. The quantitative estimate of drug-likeness (QED) is 0.786. The number of rotatable bonds is 7. The van der Waals surface area contributed by atoms with Crippen molar-refractivity contribution >= 4 is 33.2 Å². The largest absolute Gasteiger partial charge is 0.392 e. The van der Waals surface area contributed by atoms with Crippen molar-refractivity contribution in [3.8, 4) is 0 Å². The van der Waals surface area contributed by atoms with Crippen molar-refractivity contribution in [2.24, 2.45) is 5.92 Å². The second kappa shape index (κ2) is 7.79. The number of aliphatic hydroxyl groups is 1. The first-order chi connectivity index (χ1) is 9.71. The van der Waals surface area contributed by atoms with Crippen molar-refractivity contribution < 1.29 is 13.5 Å². The maximum absolute atomic E-state index is 12.4. The average Bonchev–Trinajstić information content (AvgIpc) is 2.39. The second-order valence-electron chi connectivity index (χ2n) is 5.31. The number of benzene rings is 1. The molecule has 0 aliphatic rings. The third-order valence-electron chi connectivity index (χ3n) is 3.35. The zero-order chi connectivity index (χ0) is 16.2. The van der Waals surface area contributed by atoms with Gasteiger partial charge < -0.3 is 5.11 Å². The maximum Gasteiger partial charge on any atom is 0.242 e. The zero-order valence-corrected chi connectivity index (χ0v) is 14.7. The highest BCUT2D eigenvalue weighted by molar-refractivity contribution is 7.89. The van der Waals surface area contributed by atoms with E-state index in [1.165, 1.54) is 12.1 Å². The molecule has 1 aromatic carbocycles. The van der Waals surface area contributed by atoms with E-state index in [0.29, 0.717) is 11.5 Å². The number of sulfonamides is 1. The van der Waals surface area contributed by atoms with Crippen molar-refractivity contribution in [1.29, 1.82) is 0 Å². The molecule has 0 radical (unpaired) electrons. The fraction of sp³-hybridized carbons (Fsp3) is 0.571. The third kappa shape index (κ3) is 5.11. The van der Waals surface area contributed by atoms with Gasteiger partial charge in [0.2, 0.25) is 10.0 Å². The number of hydrogen-bond acceptors (Lipinski definition) is 3. The van der Waals surface area contributed by atoms with Crippen LogP contribution in [0.2, 0.25) is 10.0 Å². The van der Waals surface area contributed by atoms with E-state index < -0.39 is 10.0 Å². The van der Waals surface area contributed by atoms with Crippen LogP contribution < -0.4 is 4.72 Å². The molecule has 0 amide bonds. The van der Waals surface area contributed by atoms with E-state index in [4.69, 9.17) is 23.2 Å². The molecule has 0 aliphatic carbocycles. The summed E-state index contributed by atoms with van der Waals surface area (Å²) in [7, 11) is -3.78. The first-order valence-electron chi connectivity index (χ1n) is 6.82. The Bertz CT molecular complexity index is 590. The molecule has 0 aromatic heterocycles. The monoisotopic (exact) mass is 353 g/mol. The molecular formula is C14H21Cl2NO3S. The topological polar surface area (TPSA) is 66.4 Å². The van der Waals surface area contributed by atoms with Crippen LogP contribution >= 0.6 is 23.2 Å². The first-order valence-corrected chi connectivity index (χ1v) is 9.06. The van der Waals surface area contributed by atoms with E-state index in [-0.39, 0.29) is 27.6 Å². The molecular weight excluding hydrogens is 333 g/mol. The van der Waals surface area contributed by atoms with E-state index in [0.717, 1.165) is 12.8 Å². The second-order valence-corrected chi connectivity index (χ2v) is 7.80. The third-order valence-corrected chi connectivity index (χ3v) is 5.74. The van der Waals surface area contributed by atoms with Crippen molar-refractivity contribution in [3.63, 3.8) is 0 Å². The lowest BCUT2D eigenvalue weighted by Crippen LogP contribution is -2.34. The highest BCUT2D eigenvalue weighted by Crippen LogP contribution is 2.29. The molecule has 4 nitrogen and oxygen atoms in total. The van der Waals surface area contributed by atoms with Crippen LogP contribution in [0.5, 0.6) is 0 Å². The van der Waals surface area contributed by atoms with E-state index >= 15 is 0 Å². The number of aliphatic hydroxyl groups excluding tert-OH is 1. The van der Waals surface area contributed by atoms with Gasteiger partial charge in [0.1, 0.15) is 4.90 Å². The molecule has 7 heteroatoms. The summed E-state index contributed by atoms with van der Waals surface area (Å²) >= 11 is 11.9. The Morgan fingerprint density at radius 1 is 1.29 bits per heavy atom. The summed E-state index contributed by atoms with van der Waals surface area (Å²) in [5.41, 5.74) is 0.291. The van der Waals surface area contributed by atoms with Gasteiger partial charge in [-0.3, -0.25) is 0 Å². The van der Waals surface area contributed by atoms with Gasteiger partial charge in [-0.15, -0.1) is 0 Å². The van der Waals surface area contributed by atoms with Crippen LogP contribution in [0.4, 0.5) is 0 Å². The summed E-state index contributed by atoms with van der Waals surface area (Å²) in [4.78, 5) is -0.100. The fourth-order valence-electron chi connectivity index (χ4n) is 2.08. The fourth-order valence-corrected chi connectivity index (χ4v) is 4.26. The van der Waals surface area contributed by atoms with Crippen LogP contribution in [-0.2, 0) is 16.6 Å². The van der Waals surface area contributed by atoms with E-state index in [1.54, 1.807) is 0 Å². The Labute approximate surface area is 136 Å². The molecule has 2 unspecified atom stereocenters. The lowest BCUT2D eigenvalue weighted by atomic mass is 10.0. The van der Waals surface area contributed by atoms with Crippen LogP contribution in [0.15, 0.2) is 17.0 Å². The Morgan fingerprint density at radius 2 is 1.90 bits per heavy atom. The Kier molecular flexibility index (Phi) is 6.94. The normalized spacial score (nSPS) is 15.0. The Hall–Kier alpha value is -0.330. The molecule has 21 heavy (non-hydrogen) atoms. The summed E-state index contributed by atoms with van der Waals surface area (Å²) in [5.74, 6) is 0.422. The van der Waals surface area contributed by atoms with Crippen molar-refractivity contribution in [2.45, 2.75) is 51.2 Å². The van der Waals surface area contributed by atoms with E-state index in [1.807, 2.05) is 6.92 Å². The maximum atomic E-state index is 12.4. The SMILES string of the molecule is CCC(C)CC(C)NS(=O)(=O)c1cc(Cl)cc(CO)c1Cl. The minimum atomic E-state index is -3.78. The molecule has 1 rings (SSSR count). The summed E-state index contributed by atoms with van der Waals surface area (Å²) in [5, 5.41) is 9.43. The highest BCUT2D eigenvalue weighted by Gasteiger charge is 2.23. The molecule has 0 fully saturated rings. The van der Waals surface area contributed by atoms with Gasteiger partial charge in [0, 0.05) is 11.1 Å². The van der Waals surface area contributed by atoms with Gasteiger partial charge in [-0.25, -0.2) is 13.1 Å². The predicted molar refractivity (Wildman–Crippen MR) is 86.2 cm³/mol. The minimum absolute atomic E-state index is 0.00476. The molecule has 0 saturated carbocycles. The van der Waals surface area contributed by atoms with Crippen molar-refractivity contribution in [1.82, 2.24) is 4.72 Å². The Balaban J connectivity index is 3.06. The predicted octanol–water partition coefficient (Wildman–Crippen LogP) is 3.59. The van der Waals surface area contributed by atoms with E-state index in [2.05, 4.69) is 18.6 Å². The minimum Gasteiger partial charge on any atom is -0.392 e. The molecule has 0 saturated heterocycles. The van der Waals surface area contributed by atoms with Gasteiger partial charge in [-0.2, -0.15) is 0 Å². The number of halogens is 2. The van der Waals surface area contributed by atoms with Gasteiger partial charge in [-0.05, 0) is 37.0 Å². The van der Waals surface area contributed by atoms with E-state index in [9.17, 15) is 13.5 Å². The molecule has 120 valence electrons. The van der Waals surface area contributed by atoms with Gasteiger partial charge in [-0.1, -0.05) is 43.5 Å². The van der Waals surface area contributed by atoms with Gasteiger partial charge in [0.15, 0.2) is 0 Å². The molecule has 0 spiro atoms. The van der Waals surface area contributed by atoms with Crippen LogP contribution in [-0.4, -0.2) is 19.6 Å². The first kappa shape index (κ1) is 18.7. The van der Waals surface area contributed by atoms with Crippen LogP contribution in [0.25, 0.3) is 0 Å². The number of hydrogen-bond donors (Lipinski definition) is 2. The van der Waals surface area contributed by atoms with Gasteiger partial charge in [0.25, 0.3) is 0 Å². The molecule has 0 heterocycles. The van der Waals surface area contributed by atoms with Crippen LogP contribution in [0.3, 0.4) is 0 Å². The lowest BCUT2D eigenvalue weighted by Gasteiger charge is -2.18. The Morgan fingerprint density at radius 3 is 2.43 bits per heavy atom. The van der Waals surface area contributed by atoms with Crippen molar-refractivity contribution in [2.75, 3.05) is 0 Å². The lowest BCUT2D eigenvalue weighted by molar-refractivity contribution is 0.281. The standard InChI is InChI=1S/C14H21Cl2NO3S/c1-4-9(2)5-10(3)17-21(19,20)13-7-12(15)6-11(8-18)14(13)16/h6-7,9-10,17-18H,4-5,8H2,1-3H3. The summed E-state index contributed by atoms with van der Waals surface area (Å²) < 4.78 is 27.4. The van der Waals surface area contributed by atoms with Crippen LogP contribution in [0, 0.1) is 5.92 Å². The van der Waals surface area contributed by atoms with Gasteiger partial charge in [0.05, 0.1) is 11.6 Å². The molecule has 0 aliphatic heterocycles. The average molecular weight is 354 g/mol. The summed E-state index contributed by atoms with van der Waals surface area (Å²) in [6.45, 7) is 5.58. The summed E-state index contributed by atoms with van der Waals surface area (Å²) in [6.07, 6.45) is 1.72. The van der Waals surface area contributed by atoms with Crippen molar-refractivity contribution in [3.05, 3.63) is 27.7 Å². The smallest absolute Gasteiger partial charge is 0.242 e. The molecule has 2 N–H and O–H groups in total. The zero-order valence-electron chi connectivity index (χ0n) is 12.4. The van der Waals surface area contributed by atoms with Gasteiger partial charge >= 0.3 is 0 Å². The molecule has 1 aromatic rings. The number of nitrogens with one attached hydrogen (secondary N) is 1. The highest BCUT2D eigenvalue weighted by atomic mass is 35.5. The summed E-state index contributed by atoms with van der Waals surface area (Å²) in [6, 6.07) is 2.53. The molecule has 0 bridgehead atoms. The van der Waals surface area contributed by atoms with Crippen LogP contribution in [0.1, 0.15) is 39.2 Å².